The van der Waals surface area contributed by atoms with Gasteiger partial charge in [0.05, 0.1) is 20.4 Å². The van der Waals surface area contributed by atoms with E-state index in [0.29, 0.717) is 29.7 Å². The van der Waals surface area contributed by atoms with E-state index < -0.39 is 20.1 Å². The molecule has 0 amide bonds. The number of aromatic nitrogens is 3. The largest absolute Gasteiger partial charge is 1.00 e. The van der Waals surface area contributed by atoms with Gasteiger partial charge in [0, 0.05) is 25.0 Å². The molecule has 1 fully saturated rings. The summed E-state index contributed by atoms with van der Waals surface area (Å²) >= 11 is 0. The average Bonchev–Trinajstić information content (AvgIpc) is 3.18. The third kappa shape index (κ3) is 5.86. The first-order valence-electron chi connectivity index (χ1n) is 10.4. The Bertz CT molecular complexity index is 1330. The number of fused-ring (bicyclic) bond motifs is 1. The minimum absolute atomic E-state index is 0. The van der Waals surface area contributed by atoms with E-state index in [1.807, 2.05) is 18.9 Å². The van der Waals surface area contributed by atoms with Crippen molar-refractivity contribution >= 4 is 37.0 Å². The maximum absolute atomic E-state index is 13.2. The summed E-state index contributed by atoms with van der Waals surface area (Å²) in [4.78, 5) is 10.8. The smallest absolute Gasteiger partial charge is 0.748 e. The normalized spacial score (nSPS) is 19.2. The topological polar surface area (TPSA) is 125 Å². The average molecular weight is 517 g/mol. The summed E-state index contributed by atoms with van der Waals surface area (Å²) in [5, 5.41) is 0.620. The van der Waals surface area contributed by atoms with Gasteiger partial charge in [-0.3, -0.25) is 0 Å². The Morgan fingerprint density at radius 1 is 1.03 bits per heavy atom. The fourth-order valence-corrected chi connectivity index (χ4v) is 6.59. The summed E-state index contributed by atoms with van der Waals surface area (Å²) < 4.78 is 60.7. The van der Waals surface area contributed by atoms with Crippen LogP contribution in [-0.4, -0.2) is 54.2 Å². The van der Waals surface area contributed by atoms with E-state index in [2.05, 4.69) is 9.97 Å². The van der Waals surface area contributed by atoms with Gasteiger partial charge in [0.1, 0.15) is 12.1 Å². The first-order chi connectivity index (χ1) is 15.1. The third-order valence-corrected chi connectivity index (χ3v) is 8.70. The van der Waals surface area contributed by atoms with E-state index in [1.54, 1.807) is 30.3 Å². The number of hydrogen-bond donors (Lipinski definition) is 0. The molecule has 172 valence electrons. The van der Waals surface area contributed by atoms with Gasteiger partial charge in [-0.05, 0) is 56.7 Å². The zero-order valence-electron chi connectivity index (χ0n) is 18.9. The Hall–Kier alpha value is -0.864. The molecule has 2 heterocycles. The summed E-state index contributed by atoms with van der Waals surface area (Å²) in [5.41, 5.74) is 1.27. The number of nitrogens with zero attached hydrogens (tertiary/aromatic N) is 4. The standard InChI is InChI=1S/C21H26N4O5S2.K/c1-15-3-9-18(10-4-15)32(29,30)25-12-11-19-20(22-14-23-21(19)25)24(2)17-7-5-16(6-8-17)13-31(26,27)28;/h3-4,9-12,14,16-17H,5-8,13H2,1-2H3,(H,26,27,28);/q;+1/p-1. The zero-order chi connectivity index (χ0) is 23.1. The van der Waals surface area contributed by atoms with Crippen LogP contribution in [-0.2, 0) is 20.1 Å². The van der Waals surface area contributed by atoms with Gasteiger partial charge in [0.15, 0.2) is 5.65 Å². The van der Waals surface area contributed by atoms with E-state index >= 15 is 0 Å². The molecule has 1 saturated carbocycles. The maximum Gasteiger partial charge on any atom is 1.00 e. The molecule has 33 heavy (non-hydrogen) atoms. The Labute approximate surface area is 236 Å². The summed E-state index contributed by atoms with van der Waals surface area (Å²) in [6, 6.07) is 8.46. The number of hydrogen-bond acceptors (Lipinski definition) is 8. The first-order valence-corrected chi connectivity index (χ1v) is 13.4. The van der Waals surface area contributed by atoms with E-state index in [-0.39, 0.29) is 74.0 Å². The van der Waals surface area contributed by atoms with Crippen LogP contribution < -0.4 is 56.3 Å². The predicted molar refractivity (Wildman–Crippen MR) is 120 cm³/mol. The van der Waals surface area contributed by atoms with Crippen LogP contribution in [0.15, 0.2) is 47.8 Å². The van der Waals surface area contributed by atoms with Crippen molar-refractivity contribution in [3.8, 4) is 0 Å². The minimum atomic E-state index is -4.22. The van der Waals surface area contributed by atoms with Gasteiger partial charge in [0.2, 0.25) is 0 Å². The summed E-state index contributed by atoms with van der Waals surface area (Å²) in [7, 11) is -6.14. The molecular formula is C21H25KN4O5S2. The van der Waals surface area contributed by atoms with Gasteiger partial charge >= 0.3 is 51.4 Å². The molecule has 0 N–H and O–H groups in total. The summed E-state index contributed by atoms with van der Waals surface area (Å²) in [6.07, 6.45) is 5.59. The predicted octanol–water partition coefficient (Wildman–Crippen LogP) is -0.479. The number of rotatable bonds is 6. The van der Waals surface area contributed by atoms with Crippen molar-refractivity contribution in [2.75, 3.05) is 17.7 Å². The van der Waals surface area contributed by atoms with Crippen LogP contribution >= 0.6 is 0 Å². The van der Waals surface area contributed by atoms with Gasteiger partial charge < -0.3 is 9.45 Å². The van der Waals surface area contributed by atoms with Gasteiger partial charge in [-0.15, -0.1) is 0 Å². The molecule has 12 heteroatoms. The first kappa shape index (κ1) is 26.7. The Balaban J connectivity index is 0.00000306. The van der Waals surface area contributed by atoms with Crippen LogP contribution in [0.5, 0.6) is 0 Å². The van der Waals surface area contributed by atoms with Crippen LogP contribution in [0, 0.1) is 12.8 Å². The van der Waals surface area contributed by atoms with E-state index in [9.17, 15) is 21.4 Å². The number of anilines is 1. The van der Waals surface area contributed by atoms with Crippen LogP contribution in [0.25, 0.3) is 11.0 Å². The molecule has 0 unspecified atom stereocenters. The van der Waals surface area contributed by atoms with Crippen molar-refractivity contribution in [1.82, 2.24) is 13.9 Å². The van der Waals surface area contributed by atoms with Crippen molar-refractivity contribution in [2.45, 2.75) is 43.5 Å². The second-order valence-corrected chi connectivity index (χ2v) is 11.6. The second-order valence-electron chi connectivity index (χ2n) is 8.37. The van der Waals surface area contributed by atoms with Crippen LogP contribution in [0.1, 0.15) is 31.2 Å². The molecule has 0 aliphatic heterocycles. The number of aryl methyl sites for hydroxylation is 1. The molecule has 0 spiro atoms. The van der Waals surface area contributed by atoms with Crippen molar-refractivity contribution < 1.29 is 72.8 Å². The molecule has 2 aromatic heterocycles. The minimum Gasteiger partial charge on any atom is -0.748 e. The molecular weight excluding hydrogens is 491 g/mol. The molecule has 9 nitrogen and oxygen atoms in total. The van der Waals surface area contributed by atoms with Gasteiger partial charge in [-0.2, -0.15) is 0 Å². The second kappa shape index (κ2) is 10.4. The van der Waals surface area contributed by atoms with E-state index in [1.165, 1.54) is 16.5 Å². The Morgan fingerprint density at radius 3 is 2.27 bits per heavy atom. The van der Waals surface area contributed by atoms with Crippen molar-refractivity contribution in [3.05, 3.63) is 48.4 Å². The molecule has 0 radical (unpaired) electrons. The van der Waals surface area contributed by atoms with Crippen LogP contribution in [0.4, 0.5) is 5.82 Å². The van der Waals surface area contributed by atoms with E-state index in [4.69, 9.17) is 0 Å². The quantitative estimate of drug-likeness (QED) is 0.318. The molecule has 1 aliphatic rings. The molecule has 0 bridgehead atoms. The van der Waals surface area contributed by atoms with Crippen molar-refractivity contribution in [3.63, 3.8) is 0 Å². The fraction of sp³-hybridized carbons (Fsp3) is 0.429. The van der Waals surface area contributed by atoms with Gasteiger partial charge in [-0.25, -0.2) is 30.8 Å². The molecule has 3 aromatic rings. The Morgan fingerprint density at radius 2 is 1.67 bits per heavy atom. The SMILES string of the molecule is Cc1ccc(S(=O)(=O)n2ccc3c(N(C)C4CCC(CS(=O)(=O)[O-])CC4)ncnc32)cc1.[K+]. The Kier molecular flexibility index (Phi) is 8.43. The monoisotopic (exact) mass is 516 g/mol. The molecule has 1 aromatic carbocycles. The number of benzene rings is 1. The van der Waals surface area contributed by atoms with Gasteiger partial charge in [0.25, 0.3) is 10.0 Å². The van der Waals surface area contributed by atoms with Crippen LogP contribution in [0.3, 0.4) is 0 Å². The molecule has 0 atom stereocenters. The molecule has 4 rings (SSSR count). The zero-order valence-corrected chi connectivity index (χ0v) is 23.6. The van der Waals surface area contributed by atoms with Crippen LogP contribution in [0.2, 0.25) is 0 Å². The van der Waals surface area contributed by atoms with Crippen molar-refractivity contribution in [1.29, 1.82) is 0 Å². The summed E-state index contributed by atoms with van der Waals surface area (Å²) in [6.45, 7) is 1.89. The molecule has 1 aliphatic carbocycles. The maximum atomic E-state index is 13.2. The van der Waals surface area contributed by atoms with Gasteiger partial charge in [-0.1, -0.05) is 17.7 Å². The molecule has 0 saturated heterocycles. The summed E-state index contributed by atoms with van der Waals surface area (Å²) in [5.74, 6) is 0.182. The fourth-order valence-electron chi connectivity index (χ4n) is 4.37. The van der Waals surface area contributed by atoms with Crippen molar-refractivity contribution in [2.24, 2.45) is 5.92 Å². The third-order valence-electron chi connectivity index (χ3n) is 6.14. The van der Waals surface area contributed by atoms with E-state index in [0.717, 1.165) is 18.4 Å².